The van der Waals surface area contributed by atoms with Gasteiger partial charge in [-0.25, -0.2) is 0 Å². The van der Waals surface area contributed by atoms with Crippen molar-refractivity contribution in [1.82, 2.24) is 10.3 Å². The Hall–Kier alpha value is -0.100. The largest absolute Gasteiger partial charge is 0.374 e. The maximum Gasteiger partial charge on any atom is 0.0795 e. The van der Waals surface area contributed by atoms with E-state index in [1.54, 1.807) is 11.3 Å². The Labute approximate surface area is 110 Å². The maximum atomic E-state index is 6.02. The summed E-state index contributed by atoms with van der Waals surface area (Å²) >= 11 is 3.76. The summed E-state index contributed by atoms with van der Waals surface area (Å²) in [5.74, 6) is 2.45. The van der Waals surface area contributed by atoms with E-state index in [0.29, 0.717) is 6.04 Å². The molecule has 3 nitrogen and oxygen atoms in total. The molecule has 0 bridgehead atoms. The van der Waals surface area contributed by atoms with Crippen LogP contribution in [0.1, 0.15) is 24.1 Å². The lowest BCUT2D eigenvalue weighted by Gasteiger charge is -2.38. The van der Waals surface area contributed by atoms with E-state index in [9.17, 15) is 0 Å². The number of thioether (sulfide) groups is 1. The summed E-state index contributed by atoms with van der Waals surface area (Å²) in [5.41, 5.74) is 2.09. The minimum atomic E-state index is 0.189. The molecule has 1 aromatic heterocycles. The molecular weight excluding hydrogens is 252 g/mol. The predicted octanol–water partition coefficient (Wildman–Crippen LogP) is 2.29. The van der Waals surface area contributed by atoms with Crippen molar-refractivity contribution in [1.29, 1.82) is 0 Å². The van der Waals surface area contributed by atoms with E-state index in [-0.39, 0.29) is 5.60 Å². The van der Waals surface area contributed by atoms with E-state index in [0.717, 1.165) is 19.6 Å². The summed E-state index contributed by atoms with van der Waals surface area (Å²) in [7, 11) is 0. The van der Waals surface area contributed by atoms with Crippen LogP contribution in [0, 0.1) is 0 Å². The van der Waals surface area contributed by atoms with Crippen molar-refractivity contribution in [3.63, 3.8) is 0 Å². The van der Waals surface area contributed by atoms with Crippen molar-refractivity contribution in [2.75, 3.05) is 18.1 Å². The van der Waals surface area contributed by atoms with Crippen molar-refractivity contribution < 1.29 is 4.74 Å². The number of ether oxygens (including phenoxy) is 1. The van der Waals surface area contributed by atoms with Gasteiger partial charge in [0.15, 0.2) is 0 Å². The molecule has 2 aliphatic heterocycles. The number of nitrogens with one attached hydrogen (secondary N) is 1. The van der Waals surface area contributed by atoms with Crippen LogP contribution in [0.5, 0.6) is 0 Å². The summed E-state index contributed by atoms with van der Waals surface area (Å²) in [6.07, 6.45) is 5.51. The van der Waals surface area contributed by atoms with Gasteiger partial charge in [0.25, 0.3) is 0 Å². The van der Waals surface area contributed by atoms with Gasteiger partial charge in [-0.3, -0.25) is 4.98 Å². The fourth-order valence-electron chi connectivity index (χ4n) is 2.64. The second-order valence-corrected chi connectivity index (χ2v) is 6.95. The first-order valence-corrected chi connectivity index (χ1v) is 8.22. The summed E-state index contributed by atoms with van der Waals surface area (Å²) < 4.78 is 6.02. The lowest BCUT2D eigenvalue weighted by atomic mass is 9.90. The van der Waals surface area contributed by atoms with Crippen LogP contribution in [0.4, 0.5) is 0 Å². The Kier molecular flexibility index (Phi) is 3.70. The fourth-order valence-corrected chi connectivity index (χ4v) is 4.56. The highest BCUT2D eigenvalue weighted by molar-refractivity contribution is 7.99. The van der Waals surface area contributed by atoms with Crippen molar-refractivity contribution in [3.8, 4) is 0 Å². The van der Waals surface area contributed by atoms with Crippen molar-refractivity contribution in [2.24, 2.45) is 0 Å². The molecule has 2 unspecified atom stereocenters. The van der Waals surface area contributed by atoms with Gasteiger partial charge in [0, 0.05) is 36.0 Å². The van der Waals surface area contributed by atoms with Gasteiger partial charge in [0.2, 0.25) is 0 Å². The maximum absolute atomic E-state index is 6.02. The van der Waals surface area contributed by atoms with E-state index < -0.39 is 0 Å². The van der Waals surface area contributed by atoms with E-state index in [1.807, 2.05) is 23.5 Å². The van der Waals surface area contributed by atoms with Crippen LogP contribution >= 0.6 is 23.1 Å². The second kappa shape index (κ2) is 5.26. The molecule has 2 fully saturated rings. The molecule has 1 N–H and O–H groups in total. The number of hydrogen-bond acceptors (Lipinski definition) is 5. The molecule has 94 valence electrons. The van der Waals surface area contributed by atoms with Crippen LogP contribution in [0.3, 0.4) is 0 Å². The van der Waals surface area contributed by atoms with Crippen molar-refractivity contribution in [2.45, 2.75) is 37.5 Å². The topological polar surface area (TPSA) is 34.2 Å². The van der Waals surface area contributed by atoms with Gasteiger partial charge in [-0.2, -0.15) is 11.8 Å². The van der Waals surface area contributed by atoms with E-state index >= 15 is 0 Å². The number of aromatic nitrogens is 1. The third-order valence-corrected chi connectivity index (χ3v) is 5.61. The second-order valence-electron chi connectivity index (χ2n) is 4.87. The zero-order chi connectivity index (χ0) is 11.6. The molecule has 5 heteroatoms. The Morgan fingerprint density at radius 1 is 1.59 bits per heavy atom. The Balaban J connectivity index is 1.53. The number of hydrogen-bond donors (Lipinski definition) is 1. The third kappa shape index (κ3) is 2.84. The van der Waals surface area contributed by atoms with Gasteiger partial charge in [0.1, 0.15) is 0 Å². The molecule has 2 aliphatic rings. The molecule has 0 radical (unpaired) electrons. The third-order valence-electron chi connectivity index (χ3n) is 3.61. The van der Waals surface area contributed by atoms with Crippen molar-refractivity contribution in [3.05, 3.63) is 16.6 Å². The average Bonchev–Trinajstić information content (AvgIpc) is 2.99. The van der Waals surface area contributed by atoms with Gasteiger partial charge < -0.3 is 10.1 Å². The number of nitrogens with zero attached hydrogens (tertiary/aromatic N) is 1. The van der Waals surface area contributed by atoms with Gasteiger partial charge in [-0.15, -0.1) is 11.3 Å². The molecule has 1 aromatic rings. The van der Waals surface area contributed by atoms with Crippen LogP contribution in [-0.2, 0) is 11.3 Å². The van der Waals surface area contributed by atoms with Crippen LogP contribution in [0.2, 0.25) is 0 Å². The predicted molar refractivity (Wildman–Crippen MR) is 72.6 cm³/mol. The van der Waals surface area contributed by atoms with Crippen LogP contribution in [0.15, 0.2) is 11.7 Å². The van der Waals surface area contributed by atoms with Crippen LogP contribution < -0.4 is 5.32 Å². The van der Waals surface area contributed by atoms with Gasteiger partial charge in [-0.05, 0) is 25.0 Å². The number of rotatable bonds is 3. The Morgan fingerprint density at radius 3 is 3.35 bits per heavy atom. The highest BCUT2D eigenvalue weighted by Crippen LogP contribution is 2.38. The first-order valence-electron chi connectivity index (χ1n) is 6.19. The summed E-state index contributed by atoms with van der Waals surface area (Å²) in [6.45, 7) is 1.87. The monoisotopic (exact) mass is 270 g/mol. The van der Waals surface area contributed by atoms with Crippen LogP contribution in [0.25, 0.3) is 0 Å². The van der Waals surface area contributed by atoms with E-state index in [1.165, 1.54) is 29.2 Å². The standard InChI is InChI=1S/C12H18N2OS2/c1-3-15-12(2-4-16-8-12)5-10(1)14-7-11-6-13-9-17-11/h6,9-10,14H,1-5,7-8H2. The normalized spacial score (nSPS) is 33.3. The molecule has 2 atom stereocenters. The quantitative estimate of drug-likeness (QED) is 0.914. The fraction of sp³-hybridized carbons (Fsp3) is 0.750. The summed E-state index contributed by atoms with van der Waals surface area (Å²) in [5, 5.41) is 3.66. The zero-order valence-electron chi connectivity index (χ0n) is 9.85. The molecule has 0 saturated carbocycles. The highest BCUT2D eigenvalue weighted by atomic mass is 32.2. The lowest BCUT2D eigenvalue weighted by Crippen LogP contribution is -2.46. The smallest absolute Gasteiger partial charge is 0.0795 e. The molecule has 17 heavy (non-hydrogen) atoms. The van der Waals surface area contributed by atoms with E-state index in [4.69, 9.17) is 4.74 Å². The van der Waals surface area contributed by atoms with Gasteiger partial charge in [0.05, 0.1) is 11.1 Å². The molecule has 0 aromatic carbocycles. The van der Waals surface area contributed by atoms with Gasteiger partial charge in [-0.1, -0.05) is 0 Å². The molecule has 2 saturated heterocycles. The van der Waals surface area contributed by atoms with Gasteiger partial charge >= 0.3 is 0 Å². The lowest BCUT2D eigenvalue weighted by molar-refractivity contribution is -0.0702. The van der Waals surface area contributed by atoms with Crippen molar-refractivity contribution >= 4 is 23.1 Å². The minimum absolute atomic E-state index is 0.189. The zero-order valence-corrected chi connectivity index (χ0v) is 11.5. The molecule has 1 spiro atoms. The Bertz CT molecular complexity index is 349. The molecule has 0 amide bonds. The first kappa shape index (κ1) is 12.0. The van der Waals surface area contributed by atoms with E-state index in [2.05, 4.69) is 10.3 Å². The number of thiazole rings is 1. The molecule has 3 heterocycles. The average molecular weight is 270 g/mol. The van der Waals surface area contributed by atoms with Crippen LogP contribution in [-0.4, -0.2) is 34.7 Å². The molecule has 3 rings (SSSR count). The highest BCUT2D eigenvalue weighted by Gasteiger charge is 2.40. The molecule has 0 aliphatic carbocycles. The summed E-state index contributed by atoms with van der Waals surface area (Å²) in [4.78, 5) is 5.43. The Morgan fingerprint density at radius 2 is 2.59 bits per heavy atom. The molecular formula is C12H18N2OS2. The SMILES string of the molecule is c1ncc(CNC2CCOC3(CCSC3)C2)s1. The minimum Gasteiger partial charge on any atom is -0.374 e. The summed E-state index contributed by atoms with van der Waals surface area (Å²) in [6, 6.07) is 0.615. The first-order chi connectivity index (χ1) is 8.36.